The van der Waals surface area contributed by atoms with Gasteiger partial charge in [-0.25, -0.2) is 0 Å². The Bertz CT molecular complexity index is 398. The SMILES string of the molecule is CCN(CC#N)Cc1ccn(C2CCCCC2)n1. The highest BCUT2D eigenvalue weighted by Crippen LogP contribution is 2.27. The zero-order valence-corrected chi connectivity index (χ0v) is 11.2. The molecule has 0 N–H and O–H groups in total. The molecule has 0 aliphatic heterocycles. The molecule has 4 heteroatoms. The Hall–Kier alpha value is -1.34. The van der Waals surface area contributed by atoms with E-state index in [4.69, 9.17) is 5.26 Å². The minimum Gasteiger partial charge on any atom is -0.285 e. The molecule has 1 saturated carbocycles. The van der Waals surface area contributed by atoms with Gasteiger partial charge in [-0.15, -0.1) is 0 Å². The van der Waals surface area contributed by atoms with Crippen LogP contribution in [0, 0.1) is 11.3 Å². The van der Waals surface area contributed by atoms with E-state index in [2.05, 4.69) is 39.9 Å². The molecule has 1 fully saturated rings. The number of rotatable bonds is 5. The molecular formula is C14H22N4. The van der Waals surface area contributed by atoms with Gasteiger partial charge in [0.1, 0.15) is 0 Å². The highest BCUT2D eigenvalue weighted by molar-refractivity contribution is 5.00. The lowest BCUT2D eigenvalue weighted by molar-refractivity contribution is 0.300. The molecule has 0 amide bonds. The van der Waals surface area contributed by atoms with Crippen LogP contribution >= 0.6 is 0 Å². The van der Waals surface area contributed by atoms with Crippen LogP contribution in [-0.4, -0.2) is 27.8 Å². The molecule has 2 rings (SSSR count). The lowest BCUT2D eigenvalue weighted by atomic mass is 9.96. The molecule has 98 valence electrons. The van der Waals surface area contributed by atoms with Crippen molar-refractivity contribution in [3.8, 4) is 6.07 Å². The average Bonchev–Trinajstić information content (AvgIpc) is 2.88. The highest BCUT2D eigenvalue weighted by atomic mass is 15.3. The van der Waals surface area contributed by atoms with Crippen LogP contribution in [0.25, 0.3) is 0 Å². The molecule has 0 saturated heterocycles. The number of hydrogen-bond donors (Lipinski definition) is 0. The lowest BCUT2D eigenvalue weighted by Crippen LogP contribution is -2.23. The standard InChI is InChI=1S/C14H22N4/c1-2-17(11-9-15)12-13-8-10-18(16-13)14-6-4-3-5-7-14/h8,10,14H,2-7,11-12H2,1H3. The molecule has 0 atom stereocenters. The van der Waals surface area contributed by atoms with Crippen LogP contribution in [0.1, 0.15) is 50.8 Å². The fourth-order valence-electron chi connectivity index (χ4n) is 2.62. The van der Waals surface area contributed by atoms with Gasteiger partial charge in [0, 0.05) is 12.7 Å². The maximum atomic E-state index is 8.74. The first-order valence-corrected chi connectivity index (χ1v) is 6.97. The molecule has 0 radical (unpaired) electrons. The van der Waals surface area contributed by atoms with Gasteiger partial charge in [-0.3, -0.25) is 9.58 Å². The predicted octanol–water partition coefficient (Wildman–Crippen LogP) is 2.73. The Morgan fingerprint density at radius 1 is 1.44 bits per heavy atom. The Morgan fingerprint density at radius 3 is 2.89 bits per heavy atom. The number of hydrogen-bond acceptors (Lipinski definition) is 3. The van der Waals surface area contributed by atoms with Crippen molar-refractivity contribution in [1.29, 1.82) is 5.26 Å². The molecule has 1 aliphatic rings. The van der Waals surface area contributed by atoms with E-state index in [-0.39, 0.29) is 0 Å². The summed E-state index contributed by atoms with van der Waals surface area (Å²) in [6.45, 7) is 4.23. The Labute approximate surface area is 109 Å². The van der Waals surface area contributed by atoms with Crippen molar-refractivity contribution in [2.75, 3.05) is 13.1 Å². The zero-order valence-electron chi connectivity index (χ0n) is 11.2. The van der Waals surface area contributed by atoms with Gasteiger partial charge < -0.3 is 0 Å². The van der Waals surface area contributed by atoms with E-state index in [0.717, 1.165) is 18.8 Å². The molecule has 1 aromatic rings. The summed E-state index contributed by atoms with van der Waals surface area (Å²) in [5, 5.41) is 13.4. The third-order valence-corrected chi connectivity index (χ3v) is 3.74. The molecule has 0 spiro atoms. The molecule has 1 aromatic heterocycles. The molecule has 18 heavy (non-hydrogen) atoms. The van der Waals surface area contributed by atoms with E-state index in [1.807, 2.05) is 0 Å². The quantitative estimate of drug-likeness (QED) is 0.750. The summed E-state index contributed by atoms with van der Waals surface area (Å²) in [5.41, 5.74) is 1.08. The number of nitriles is 1. The predicted molar refractivity (Wildman–Crippen MR) is 70.9 cm³/mol. The lowest BCUT2D eigenvalue weighted by Gasteiger charge is -2.22. The van der Waals surface area contributed by atoms with Gasteiger partial charge in [0.05, 0.1) is 24.3 Å². The first kappa shape index (κ1) is 13.1. The fourth-order valence-corrected chi connectivity index (χ4v) is 2.62. The largest absolute Gasteiger partial charge is 0.285 e. The Kier molecular flexibility index (Phi) is 4.77. The van der Waals surface area contributed by atoms with Crippen LogP contribution in [0.5, 0.6) is 0 Å². The molecule has 4 nitrogen and oxygen atoms in total. The van der Waals surface area contributed by atoms with E-state index in [9.17, 15) is 0 Å². The molecule has 0 unspecified atom stereocenters. The summed E-state index contributed by atoms with van der Waals surface area (Å²) in [7, 11) is 0. The summed E-state index contributed by atoms with van der Waals surface area (Å²) < 4.78 is 2.13. The van der Waals surface area contributed by atoms with Gasteiger partial charge in [-0.1, -0.05) is 26.2 Å². The van der Waals surface area contributed by atoms with Crippen LogP contribution in [0.3, 0.4) is 0 Å². The van der Waals surface area contributed by atoms with Crippen LogP contribution in [0.15, 0.2) is 12.3 Å². The second-order valence-corrected chi connectivity index (χ2v) is 5.04. The van der Waals surface area contributed by atoms with Crippen molar-refractivity contribution < 1.29 is 0 Å². The van der Waals surface area contributed by atoms with Gasteiger partial charge in [-0.05, 0) is 25.5 Å². The van der Waals surface area contributed by atoms with E-state index in [1.165, 1.54) is 32.1 Å². The van der Waals surface area contributed by atoms with Gasteiger partial charge >= 0.3 is 0 Å². The average molecular weight is 246 g/mol. The number of aromatic nitrogens is 2. The highest BCUT2D eigenvalue weighted by Gasteiger charge is 2.16. The van der Waals surface area contributed by atoms with Crippen LogP contribution in [-0.2, 0) is 6.54 Å². The van der Waals surface area contributed by atoms with Crippen molar-refractivity contribution in [1.82, 2.24) is 14.7 Å². The molecule has 1 aliphatic carbocycles. The summed E-state index contributed by atoms with van der Waals surface area (Å²) in [5.74, 6) is 0. The van der Waals surface area contributed by atoms with Crippen LogP contribution in [0.2, 0.25) is 0 Å². The Balaban J connectivity index is 1.94. The molecule has 0 bridgehead atoms. The maximum Gasteiger partial charge on any atom is 0.0869 e. The van der Waals surface area contributed by atoms with Gasteiger partial charge in [0.15, 0.2) is 0 Å². The van der Waals surface area contributed by atoms with E-state index < -0.39 is 0 Å². The van der Waals surface area contributed by atoms with Crippen molar-refractivity contribution in [3.05, 3.63) is 18.0 Å². The molecule has 1 heterocycles. The first-order chi connectivity index (χ1) is 8.83. The summed E-state index contributed by atoms with van der Waals surface area (Å²) in [6, 6.07) is 4.89. The van der Waals surface area contributed by atoms with E-state index in [0.29, 0.717) is 12.6 Å². The summed E-state index contributed by atoms with van der Waals surface area (Å²) in [4.78, 5) is 2.10. The van der Waals surface area contributed by atoms with Crippen molar-refractivity contribution in [2.45, 2.75) is 51.6 Å². The zero-order chi connectivity index (χ0) is 12.8. The van der Waals surface area contributed by atoms with Crippen LogP contribution < -0.4 is 0 Å². The van der Waals surface area contributed by atoms with Crippen LogP contribution in [0.4, 0.5) is 0 Å². The summed E-state index contributed by atoms with van der Waals surface area (Å²) >= 11 is 0. The van der Waals surface area contributed by atoms with E-state index >= 15 is 0 Å². The summed E-state index contributed by atoms with van der Waals surface area (Å²) in [6.07, 6.45) is 8.65. The minimum absolute atomic E-state index is 0.479. The first-order valence-electron chi connectivity index (χ1n) is 6.97. The smallest absolute Gasteiger partial charge is 0.0869 e. The number of nitrogens with zero attached hydrogens (tertiary/aromatic N) is 4. The second kappa shape index (κ2) is 6.55. The van der Waals surface area contributed by atoms with Gasteiger partial charge in [-0.2, -0.15) is 10.4 Å². The molecule has 0 aromatic carbocycles. The van der Waals surface area contributed by atoms with Crippen molar-refractivity contribution in [2.24, 2.45) is 0 Å². The van der Waals surface area contributed by atoms with Gasteiger partial charge in [0.25, 0.3) is 0 Å². The Morgan fingerprint density at radius 2 is 2.22 bits per heavy atom. The normalized spacial score (nSPS) is 16.9. The van der Waals surface area contributed by atoms with E-state index in [1.54, 1.807) is 0 Å². The van der Waals surface area contributed by atoms with Crippen molar-refractivity contribution in [3.63, 3.8) is 0 Å². The fraction of sp³-hybridized carbons (Fsp3) is 0.714. The third kappa shape index (κ3) is 3.33. The molecular weight excluding hydrogens is 224 g/mol. The van der Waals surface area contributed by atoms with Gasteiger partial charge in [0.2, 0.25) is 0 Å². The third-order valence-electron chi connectivity index (χ3n) is 3.74. The topological polar surface area (TPSA) is 44.9 Å². The maximum absolute atomic E-state index is 8.74. The van der Waals surface area contributed by atoms with Crippen molar-refractivity contribution >= 4 is 0 Å². The monoisotopic (exact) mass is 246 g/mol. The minimum atomic E-state index is 0.479. The second-order valence-electron chi connectivity index (χ2n) is 5.04.